The third-order valence-electron chi connectivity index (χ3n) is 1.92. The standard InChI is InChI=1S/C10H8OS2/c11-9(5-12)8-6-13-10-4-2-1-3-7(8)10/h1-4,6,12H,5H2. The largest absolute Gasteiger partial charge is 0.293 e. The number of ketones is 1. The second kappa shape index (κ2) is 3.52. The highest BCUT2D eigenvalue weighted by Gasteiger charge is 2.09. The molecule has 13 heavy (non-hydrogen) atoms. The van der Waals surface area contributed by atoms with Crippen molar-refractivity contribution < 1.29 is 4.79 Å². The van der Waals surface area contributed by atoms with Gasteiger partial charge in [-0.05, 0) is 6.07 Å². The van der Waals surface area contributed by atoms with Crippen LogP contribution in [0.25, 0.3) is 10.1 Å². The van der Waals surface area contributed by atoms with Crippen molar-refractivity contribution in [3.05, 3.63) is 35.2 Å². The zero-order valence-electron chi connectivity index (χ0n) is 6.86. The molecule has 0 atom stereocenters. The molecule has 66 valence electrons. The van der Waals surface area contributed by atoms with E-state index in [1.165, 1.54) is 0 Å². The summed E-state index contributed by atoms with van der Waals surface area (Å²) >= 11 is 5.59. The molecule has 1 nitrogen and oxygen atoms in total. The minimum atomic E-state index is 0.0979. The van der Waals surface area contributed by atoms with Gasteiger partial charge in [-0.1, -0.05) is 18.2 Å². The smallest absolute Gasteiger partial charge is 0.173 e. The predicted octanol–water partition coefficient (Wildman–Crippen LogP) is 3.01. The first-order valence-electron chi connectivity index (χ1n) is 3.93. The molecule has 0 bridgehead atoms. The van der Waals surface area contributed by atoms with Crippen LogP contribution in [0, 0.1) is 0 Å². The summed E-state index contributed by atoms with van der Waals surface area (Å²) in [5, 5.41) is 2.95. The van der Waals surface area contributed by atoms with Gasteiger partial charge in [0, 0.05) is 21.0 Å². The molecular formula is C10H8OS2. The van der Waals surface area contributed by atoms with Gasteiger partial charge in [0.2, 0.25) is 0 Å². The van der Waals surface area contributed by atoms with Crippen LogP contribution in [0.4, 0.5) is 0 Å². The zero-order valence-corrected chi connectivity index (χ0v) is 8.57. The molecule has 0 aliphatic rings. The average Bonchev–Trinajstić information content (AvgIpc) is 2.60. The quantitative estimate of drug-likeness (QED) is 0.593. The monoisotopic (exact) mass is 208 g/mol. The van der Waals surface area contributed by atoms with Crippen molar-refractivity contribution in [2.24, 2.45) is 0 Å². The Morgan fingerprint density at radius 2 is 2.15 bits per heavy atom. The van der Waals surface area contributed by atoms with Crippen molar-refractivity contribution in [3.63, 3.8) is 0 Å². The third kappa shape index (κ3) is 1.49. The van der Waals surface area contributed by atoms with Gasteiger partial charge in [0.05, 0.1) is 5.75 Å². The summed E-state index contributed by atoms with van der Waals surface area (Å²) in [4.78, 5) is 11.4. The van der Waals surface area contributed by atoms with Gasteiger partial charge in [-0.25, -0.2) is 0 Å². The molecule has 1 aromatic heterocycles. The summed E-state index contributed by atoms with van der Waals surface area (Å²) in [5.74, 6) is 0.376. The normalized spacial score (nSPS) is 10.5. The van der Waals surface area contributed by atoms with E-state index >= 15 is 0 Å². The predicted molar refractivity (Wildman–Crippen MR) is 60.0 cm³/mol. The number of thiophene rings is 1. The molecule has 0 fully saturated rings. The van der Waals surface area contributed by atoms with Gasteiger partial charge in [-0.2, -0.15) is 12.6 Å². The Hall–Kier alpha value is -0.800. The summed E-state index contributed by atoms with van der Waals surface area (Å²) in [7, 11) is 0. The van der Waals surface area contributed by atoms with Crippen molar-refractivity contribution in [3.8, 4) is 0 Å². The van der Waals surface area contributed by atoms with Crippen LogP contribution in [0.3, 0.4) is 0 Å². The molecule has 1 heterocycles. The van der Waals surface area contributed by atoms with Crippen LogP contribution in [-0.2, 0) is 0 Å². The van der Waals surface area contributed by atoms with Crippen LogP contribution in [0.2, 0.25) is 0 Å². The molecule has 3 heteroatoms. The first kappa shape index (κ1) is 8.78. The SMILES string of the molecule is O=C(CS)c1csc2ccccc12. The van der Waals surface area contributed by atoms with Crippen LogP contribution < -0.4 is 0 Å². The van der Waals surface area contributed by atoms with Gasteiger partial charge in [-0.15, -0.1) is 11.3 Å². The van der Waals surface area contributed by atoms with E-state index in [1.54, 1.807) is 11.3 Å². The second-order valence-electron chi connectivity index (χ2n) is 2.73. The van der Waals surface area contributed by atoms with E-state index in [1.807, 2.05) is 29.6 Å². The van der Waals surface area contributed by atoms with Crippen LogP contribution in [0.1, 0.15) is 10.4 Å². The highest BCUT2D eigenvalue weighted by molar-refractivity contribution is 7.81. The Morgan fingerprint density at radius 1 is 1.38 bits per heavy atom. The van der Waals surface area contributed by atoms with E-state index in [0.717, 1.165) is 15.6 Å². The first-order chi connectivity index (χ1) is 6.33. The van der Waals surface area contributed by atoms with Crippen LogP contribution in [-0.4, -0.2) is 11.5 Å². The molecule has 0 aliphatic carbocycles. The number of thiol groups is 1. The van der Waals surface area contributed by atoms with Crippen LogP contribution in [0.15, 0.2) is 29.6 Å². The van der Waals surface area contributed by atoms with Gasteiger partial charge < -0.3 is 0 Å². The number of fused-ring (bicyclic) bond motifs is 1. The van der Waals surface area contributed by atoms with E-state index in [9.17, 15) is 4.79 Å². The fourth-order valence-electron chi connectivity index (χ4n) is 1.28. The molecule has 0 unspecified atom stereocenters. The fourth-order valence-corrected chi connectivity index (χ4v) is 2.41. The maximum atomic E-state index is 11.4. The summed E-state index contributed by atoms with van der Waals surface area (Å²) in [6.45, 7) is 0. The van der Waals surface area contributed by atoms with Crippen molar-refractivity contribution in [1.29, 1.82) is 0 Å². The summed E-state index contributed by atoms with van der Waals surface area (Å²) in [6, 6.07) is 7.93. The number of hydrogen-bond donors (Lipinski definition) is 1. The van der Waals surface area contributed by atoms with Crippen LogP contribution >= 0.6 is 24.0 Å². The topological polar surface area (TPSA) is 17.1 Å². The van der Waals surface area contributed by atoms with Gasteiger partial charge in [0.15, 0.2) is 5.78 Å². The van der Waals surface area contributed by atoms with Crippen molar-refractivity contribution in [2.75, 3.05) is 5.75 Å². The number of hydrogen-bond acceptors (Lipinski definition) is 3. The number of carbonyl (C=O) groups is 1. The minimum absolute atomic E-state index is 0.0979. The Kier molecular flexibility index (Phi) is 2.38. The Morgan fingerprint density at radius 3 is 2.92 bits per heavy atom. The highest BCUT2D eigenvalue weighted by atomic mass is 32.1. The van der Waals surface area contributed by atoms with E-state index in [0.29, 0.717) is 0 Å². The molecule has 0 aliphatic heterocycles. The lowest BCUT2D eigenvalue weighted by atomic mass is 10.1. The van der Waals surface area contributed by atoms with E-state index in [2.05, 4.69) is 12.6 Å². The third-order valence-corrected chi connectivity index (χ3v) is 3.18. The van der Waals surface area contributed by atoms with Crippen molar-refractivity contribution >= 4 is 39.8 Å². The number of rotatable bonds is 2. The summed E-state index contributed by atoms with van der Waals surface area (Å²) < 4.78 is 1.16. The summed E-state index contributed by atoms with van der Waals surface area (Å²) in [5.41, 5.74) is 0.801. The van der Waals surface area contributed by atoms with E-state index in [-0.39, 0.29) is 11.5 Å². The fraction of sp³-hybridized carbons (Fsp3) is 0.100. The maximum absolute atomic E-state index is 11.4. The zero-order chi connectivity index (χ0) is 9.26. The number of Topliss-reactive ketones (excluding diaryl/α,β-unsaturated/α-hetero) is 1. The molecule has 0 amide bonds. The van der Waals surface area contributed by atoms with Gasteiger partial charge >= 0.3 is 0 Å². The lowest BCUT2D eigenvalue weighted by molar-refractivity contribution is 0.102. The number of benzene rings is 1. The molecule has 0 spiro atoms. The lowest BCUT2D eigenvalue weighted by Gasteiger charge is -1.93. The van der Waals surface area contributed by atoms with Gasteiger partial charge in [0.25, 0.3) is 0 Å². The molecule has 1 aromatic carbocycles. The Balaban J connectivity index is 2.64. The Labute approximate surface area is 85.8 Å². The number of carbonyl (C=O) groups excluding carboxylic acids is 1. The van der Waals surface area contributed by atoms with E-state index in [4.69, 9.17) is 0 Å². The van der Waals surface area contributed by atoms with Crippen molar-refractivity contribution in [2.45, 2.75) is 0 Å². The van der Waals surface area contributed by atoms with Gasteiger partial charge in [-0.3, -0.25) is 4.79 Å². The highest BCUT2D eigenvalue weighted by Crippen LogP contribution is 2.25. The molecule has 0 saturated carbocycles. The van der Waals surface area contributed by atoms with E-state index < -0.39 is 0 Å². The minimum Gasteiger partial charge on any atom is -0.293 e. The maximum Gasteiger partial charge on any atom is 0.173 e. The second-order valence-corrected chi connectivity index (χ2v) is 3.95. The summed E-state index contributed by atoms with van der Waals surface area (Å²) in [6.07, 6.45) is 0. The average molecular weight is 208 g/mol. The van der Waals surface area contributed by atoms with Crippen LogP contribution in [0.5, 0.6) is 0 Å². The molecule has 0 radical (unpaired) electrons. The molecule has 0 N–H and O–H groups in total. The molecule has 0 saturated heterocycles. The molecule has 2 rings (SSSR count). The first-order valence-corrected chi connectivity index (χ1v) is 5.44. The molecule has 2 aromatic rings. The Bertz CT molecular complexity index is 445. The van der Waals surface area contributed by atoms with Crippen molar-refractivity contribution in [1.82, 2.24) is 0 Å². The van der Waals surface area contributed by atoms with Gasteiger partial charge in [0.1, 0.15) is 0 Å². The molecular weight excluding hydrogens is 200 g/mol. The lowest BCUT2D eigenvalue weighted by Crippen LogP contribution is -1.97.